The zero-order chi connectivity index (χ0) is 20.3. The van der Waals surface area contributed by atoms with Crippen molar-refractivity contribution in [1.82, 2.24) is 4.90 Å². The summed E-state index contributed by atoms with van der Waals surface area (Å²) in [4.78, 5) is 14.4. The standard InChI is InChI=1S/C19H15F3N2O2S2/c1-26-15-8-3-2-5-12(15)9-16-17(25)24(18(27)28-16)11-23-14-7-4-6-13(10-14)19(20,21)22/h2-10,23H,11H2,1H3. The molecule has 0 atom stereocenters. The number of carbonyl (C=O) groups is 1. The summed E-state index contributed by atoms with van der Waals surface area (Å²) < 4.78 is 44.1. The molecule has 1 N–H and O–H groups in total. The van der Waals surface area contributed by atoms with Crippen LogP contribution >= 0.6 is 24.0 Å². The van der Waals surface area contributed by atoms with E-state index in [1.165, 1.54) is 24.1 Å². The first-order valence-electron chi connectivity index (χ1n) is 8.09. The molecule has 0 bridgehead atoms. The first-order valence-corrected chi connectivity index (χ1v) is 9.31. The molecule has 1 amide bonds. The quantitative estimate of drug-likeness (QED) is 0.541. The van der Waals surface area contributed by atoms with Gasteiger partial charge < -0.3 is 10.1 Å². The number of hydrogen-bond donors (Lipinski definition) is 1. The first kappa shape index (κ1) is 20.2. The SMILES string of the molecule is COc1ccccc1C=C1SC(=S)N(CNc2cccc(C(F)(F)F)c2)C1=O. The number of para-hydroxylation sites is 1. The lowest BCUT2D eigenvalue weighted by Crippen LogP contribution is -2.33. The molecule has 0 aliphatic carbocycles. The van der Waals surface area contributed by atoms with E-state index in [1.807, 2.05) is 18.2 Å². The van der Waals surface area contributed by atoms with Gasteiger partial charge >= 0.3 is 6.18 Å². The number of nitrogens with zero attached hydrogens (tertiary/aromatic N) is 1. The van der Waals surface area contributed by atoms with Crippen molar-refractivity contribution in [1.29, 1.82) is 0 Å². The maximum Gasteiger partial charge on any atom is 0.416 e. The van der Waals surface area contributed by atoms with Crippen LogP contribution in [0.4, 0.5) is 18.9 Å². The largest absolute Gasteiger partial charge is 0.496 e. The van der Waals surface area contributed by atoms with Gasteiger partial charge in [-0.3, -0.25) is 9.69 Å². The van der Waals surface area contributed by atoms with Crippen molar-refractivity contribution in [2.24, 2.45) is 0 Å². The predicted octanol–water partition coefficient (Wildman–Crippen LogP) is 4.98. The molecule has 1 aliphatic heterocycles. The monoisotopic (exact) mass is 424 g/mol. The second-order valence-corrected chi connectivity index (χ2v) is 7.44. The average molecular weight is 424 g/mol. The number of nitrogens with one attached hydrogen (secondary N) is 1. The molecule has 28 heavy (non-hydrogen) atoms. The highest BCUT2D eigenvalue weighted by Gasteiger charge is 2.33. The van der Waals surface area contributed by atoms with Gasteiger partial charge in [0.1, 0.15) is 10.1 Å². The lowest BCUT2D eigenvalue weighted by molar-refractivity contribution is -0.137. The maximum atomic E-state index is 12.8. The Morgan fingerprint density at radius 1 is 1.21 bits per heavy atom. The third-order valence-corrected chi connectivity index (χ3v) is 5.31. The Hall–Kier alpha value is -2.52. The third-order valence-electron chi connectivity index (χ3n) is 3.93. The fourth-order valence-corrected chi connectivity index (χ4v) is 3.79. The van der Waals surface area contributed by atoms with Crippen molar-refractivity contribution in [3.8, 4) is 5.75 Å². The van der Waals surface area contributed by atoms with Gasteiger partial charge in [0.15, 0.2) is 0 Å². The number of hydrogen-bond acceptors (Lipinski definition) is 5. The number of anilines is 1. The smallest absolute Gasteiger partial charge is 0.416 e. The van der Waals surface area contributed by atoms with Gasteiger partial charge in [0, 0.05) is 11.3 Å². The van der Waals surface area contributed by atoms with Crippen LogP contribution in [-0.2, 0) is 11.0 Å². The minimum Gasteiger partial charge on any atom is -0.496 e. The number of amides is 1. The fourth-order valence-electron chi connectivity index (χ4n) is 2.54. The van der Waals surface area contributed by atoms with E-state index in [4.69, 9.17) is 17.0 Å². The molecule has 1 aliphatic rings. The second-order valence-electron chi connectivity index (χ2n) is 5.77. The van der Waals surface area contributed by atoms with E-state index in [-0.39, 0.29) is 18.3 Å². The Kier molecular flexibility index (Phi) is 5.95. The molecule has 2 aromatic rings. The molecule has 0 saturated carbocycles. The van der Waals surface area contributed by atoms with Gasteiger partial charge in [-0.25, -0.2) is 0 Å². The molecular formula is C19H15F3N2O2S2. The van der Waals surface area contributed by atoms with Gasteiger partial charge in [0.25, 0.3) is 5.91 Å². The minimum atomic E-state index is -4.43. The predicted molar refractivity (Wildman–Crippen MR) is 108 cm³/mol. The number of halogens is 3. The molecule has 0 unspecified atom stereocenters. The lowest BCUT2D eigenvalue weighted by atomic mass is 10.2. The van der Waals surface area contributed by atoms with Crippen LogP contribution in [0, 0.1) is 0 Å². The van der Waals surface area contributed by atoms with Gasteiger partial charge in [-0.1, -0.05) is 48.2 Å². The highest BCUT2D eigenvalue weighted by atomic mass is 32.2. The fraction of sp³-hybridized carbons (Fsp3) is 0.158. The zero-order valence-electron chi connectivity index (χ0n) is 14.6. The third kappa shape index (κ3) is 4.48. The van der Waals surface area contributed by atoms with Crippen molar-refractivity contribution in [2.75, 3.05) is 19.1 Å². The number of carbonyl (C=O) groups excluding carboxylic acids is 1. The van der Waals surface area contributed by atoms with Crippen LogP contribution in [-0.4, -0.2) is 28.9 Å². The van der Waals surface area contributed by atoms with Crippen LogP contribution in [0.25, 0.3) is 6.08 Å². The Morgan fingerprint density at radius 2 is 1.96 bits per heavy atom. The van der Waals surface area contributed by atoms with E-state index < -0.39 is 11.7 Å². The summed E-state index contributed by atoms with van der Waals surface area (Å²) in [6.45, 7) is -0.0325. The second kappa shape index (κ2) is 8.24. The first-order chi connectivity index (χ1) is 13.3. The molecule has 0 radical (unpaired) electrons. The number of methoxy groups -OCH3 is 1. The summed E-state index contributed by atoms with van der Waals surface area (Å²) in [6, 6.07) is 12.0. The van der Waals surface area contributed by atoms with Crippen LogP contribution in [0.2, 0.25) is 0 Å². The molecule has 3 rings (SSSR count). The van der Waals surface area contributed by atoms with E-state index in [2.05, 4.69) is 5.32 Å². The van der Waals surface area contributed by atoms with Crippen LogP contribution in [0.5, 0.6) is 5.75 Å². The highest BCUT2D eigenvalue weighted by Crippen LogP contribution is 2.34. The average Bonchev–Trinajstić information content (AvgIpc) is 2.93. The lowest BCUT2D eigenvalue weighted by Gasteiger charge is -2.17. The number of rotatable bonds is 5. The Bertz CT molecular complexity index is 945. The van der Waals surface area contributed by atoms with E-state index in [0.717, 1.165) is 29.5 Å². The van der Waals surface area contributed by atoms with Crippen molar-refractivity contribution >= 4 is 46.0 Å². The van der Waals surface area contributed by atoms with Crippen LogP contribution in [0.3, 0.4) is 0 Å². The summed E-state index contributed by atoms with van der Waals surface area (Å²) in [5.74, 6) is 0.301. The molecule has 146 valence electrons. The highest BCUT2D eigenvalue weighted by molar-refractivity contribution is 8.26. The number of alkyl halides is 3. The van der Waals surface area contributed by atoms with Crippen LogP contribution in [0.15, 0.2) is 53.4 Å². The normalized spacial score (nSPS) is 16.0. The van der Waals surface area contributed by atoms with Crippen LogP contribution < -0.4 is 10.1 Å². The topological polar surface area (TPSA) is 41.6 Å². The molecule has 9 heteroatoms. The molecule has 2 aromatic carbocycles. The summed E-state index contributed by atoms with van der Waals surface area (Å²) in [5, 5.41) is 2.82. The molecule has 0 aromatic heterocycles. The minimum absolute atomic E-state index is 0.0325. The molecular weight excluding hydrogens is 409 g/mol. The molecule has 1 heterocycles. The van der Waals surface area contributed by atoms with Crippen molar-refractivity contribution in [2.45, 2.75) is 6.18 Å². The molecule has 1 saturated heterocycles. The van der Waals surface area contributed by atoms with Crippen molar-refractivity contribution in [3.05, 3.63) is 64.6 Å². The van der Waals surface area contributed by atoms with E-state index in [1.54, 1.807) is 12.1 Å². The van der Waals surface area contributed by atoms with Gasteiger partial charge in [-0.15, -0.1) is 0 Å². The summed E-state index contributed by atoms with van der Waals surface area (Å²) >= 11 is 6.38. The number of benzene rings is 2. The summed E-state index contributed by atoms with van der Waals surface area (Å²) in [7, 11) is 1.54. The zero-order valence-corrected chi connectivity index (χ0v) is 16.3. The van der Waals surface area contributed by atoms with Gasteiger partial charge in [-0.05, 0) is 30.3 Å². The molecule has 0 spiro atoms. The molecule has 4 nitrogen and oxygen atoms in total. The Morgan fingerprint density at radius 3 is 2.68 bits per heavy atom. The number of thioether (sulfide) groups is 1. The summed E-state index contributed by atoms with van der Waals surface area (Å²) in [6.07, 6.45) is -2.75. The number of thiocarbonyl (C=S) groups is 1. The molecule has 1 fully saturated rings. The van der Waals surface area contributed by atoms with Crippen LogP contribution in [0.1, 0.15) is 11.1 Å². The van der Waals surface area contributed by atoms with E-state index >= 15 is 0 Å². The van der Waals surface area contributed by atoms with Crippen molar-refractivity contribution in [3.63, 3.8) is 0 Å². The maximum absolute atomic E-state index is 12.8. The number of ether oxygens (including phenoxy) is 1. The van der Waals surface area contributed by atoms with E-state index in [9.17, 15) is 18.0 Å². The van der Waals surface area contributed by atoms with E-state index in [0.29, 0.717) is 15.0 Å². The van der Waals surface area contributed by atoms with Gasteiger partial charge in [0.05, 0.1) is 24.2 Å². The summed E-state index contributed by atoms with van der Waals surface area (Å²) in [5.41, 5.74) is 0.216. The Balaban J connectivity index is 1.73. The Labute approximate surface area is 169 Å². The van der Waals surface area contributed by atoms with Crippen molar-refractivity contribution < 1.29 is 22.7 Å². The van der Waals surface area contributed by atoms with Gasteiger partial charge in [0.2, 0.25) is 0 Å². The van der Waals surface area contributed by atoms with Gasteiger partial charge in [-0.2, -0.15) is 13.2 Å².